The van der Waals surface area contributed by atoms with Crippen LogP contribution in [0.2, 0.25) is 0 Å². The van der Waals surface area contributed by atoms with Crippen LogP contribution in [0.4, 0.5) is 18.7 Å². The summed E-state index contributed by atoms with van der Waals surface area (Å²) in [6.45, 7) is 13.4. The number of rotatable bonds is 5. The molecule has 2 fully saturated rings. The van der Waals surface area contributed by atoms with Crippen molar-refractivity contribution < 1.29 is 48.8 Å². The monoisotopic (exact) mass is 708 g/mol. The molecule has 2 saturated heterocycles. The number of nitrogens with zero attached hydrogens (tertiary/aromatic N) is 4. The van der Waals surface area contributed by atoms with Gasteiger partial charge in [-0.2, -0.15) is 0 Å². The summed E-state index contributed by atoms with van der Waals surface area (Å²) in [5, 5.41) is 18.0. The third-order valence-corrected chi connectivity index (χ3v) is 8.34. The van der Waals surface area contributed by atoms with E-state index in [9.17, 15) is 19.2 Å². The molecule has 0 unspecified atom stereocenters. The largest absolute Gasteiger partial charge is 0.494 e. The summed E-state index contributed by atoms with van der Waals surface area (Å²) in [5.41, 5.74) is 1.12. The first-order valence-corrected chi connectivity index (χ1v) is 16.6. The Morgan fingerprint density at radius 3 is 1.86 bits per heavy atom. The Morgan fingerprint density at radius 1 is 0.860 bits per heavy atom. The molecule has 0 radical (unpaired) electrons. The lowest BCUT2D eigenvalue weighted by Gasteiger charge is -2.33. The van der Waals surface area contributed by atoms with E-state index in [4.69, 9.17) is 23.5 Å². The molecule has 0 bridgehead atoms. The number of carbonyl (C=O) groups is 2. The minimum atomic E-state index is -0.549. The van der Waals surface area contributed by atoms with Crippen LogP contribution in [0.15, 0.2) is 46.1 Å². The lowest BCUT2D eigenvalue weighted by Crippen LogP contribution is -2.43. The maximum absolute atomic E-state index is 14.5. The van der Waals surface area contributed by atoms with Crippen molar-refractivity contribution in [1.82, 2.24) is 15.0 Å². The van der Waals surface area contributed by atoms with Crippen molar-refractivity contribution in [3.05, 3.63) is 53.5 Å². The van der Waals surface area contributed by atoms with E-state index in [2.05, 4.69) is 10.3 Å². The maximum atomic E-state index is 14.5. The maximum Gasteiger partial charge on any atom is 0.410 e. The van der Waals surface area contributed by atoms with Gasteiger partial charge in [0.1, 0.15) is 11.2 Å². The van der Waals surface area contributed by atoms with Crippen molar-refractivity contribution in [2.24, 2.45) is 11.1 Å². The lowest BCUT2D eigenvalue weighted by molar-refractivity contribution is 0.0192. The number of amides is 2. The van der Waals surface area contributed by atoms with Gasteiger partial charge in [0.25, 0.3) is 0 Å². The highest BCUT2D eigenvalue weighted by Gasteiger charge is 2.32. The minimum Gasteiger partial charge on any atom is -0.494 e. The van der Waals surface area contributed by atoms with Crippen LogP contribution in [0.1, 0.15) is 85.8 Å². The van der Waals surface area contributed by atoms with Crippen LogP contribution < -0.4 is 9.47 Å². The Hall–Kier alpha value is -4.62. The third-order valence-electron chi connectivity index (χ3n) is 8.34. The number of hydrogen-bond donors (Lipinski definition) is 1. The lowest BCUT2D eigenvalue weighted by atomic mass is 9.88. The van der Waals surface area contributed by atoms with E-state index in [1.807, 2.05) is 59.7 Å². The second kappa shape index (κ2) is 16.9. The molecule has 1 N–H and O–H groups in total. The summed E-state index contributed by atoms with van der Waals surface area (Å²) >= 11 is 0. The fourth-order valence-electron chi connectivity index (χ4n) is 5.96. The molecule has 3 aromatic rings. The number of oxime groups is 1. The Bertz CT molecular complexity index is 1620. The minimum absolute atomic E-state index is 0. The first kappa shape index (κ1) is 39.8. The molecule has 278 valence electrons. The van der Waals surface area contributed by atoms with Crippen LogP contribution in [0.3, 0.4) is 0 Å². The molecular formula is C36H52F2N4O8. The second-order valence-electron chi connectivity index (χ2n) is 14.2. The summed E-state index contributed by atoms with van der Waals surface area (Å²) in [6.07, 6.45) is 2.22. The SMILES string of the molecule is COc1cccc(/C(=N/O)C2CCN(C(=O)OC(C)(C)C)CC2)c1F.COc1cccc2c(C3CCN(C(=O)OC(C)(C)C)CC3)noc12.F.[3HH]. The predicted molar refractivity (Wildman–Crippen MR) is 187 cm³/mol. The Balaban J connectivity index is 0.000000340. The van der Waals surface area contributed by atoms with Crippen LogP contribution in [0.25, 0.3) is 11.0 Å². The smallest absolute Gasteiger partial charge is 0.410 e. The number of aromatic nitrogens is 1. The quantitative estimate of drug-likeness (QED) is 0.159. The van der Waals surface area contributed by atoms with Gasteiger partial charge < -0.3 is 38.5 Å². The van der Waals surface area contributed by atoms with Gasteiger partial charge in [-0.25, -0.2) is 14.0 Å². The van der Waals surface area contributed by atoms with Gasteiger partial charge in [-0.05, 0) is 91.5 Å². The number of para-hydroxylation sites is 1. The Morgan fingerprint density at radius 2 is 1.36 bits per heavy atom. The van der Waals surface area contributed by atoms with Crippen LogP contribution in [-0.4, -0.2) is 89.7 Å². The van der Waals surface area contributed by atoms with Crippen LogP contribution in [0, 0.1) is 11.7 Å². The highest BCUT2D eigenvalue weighted by Crippen LogP contribution is 2.36. The Kier molecular flexibility index (Phi) is 13.4. The molecule has 2 amide bonds. The van der Waals surface area contributed by atoms with E-state index < -0.39 is 17.0 Å². The van der Waals surface area contributed by atoms with Crippen molar-refractivity contribution in [2.45, 2.75) is 84.3 Å². The van der Waals surface area contributed by atoms with Gasteiger partial charge in [0.05, 0.1) is 25.6 Å². The van der Waals surface area contributed by atoms with Crippen LogP contribution in [-0.2, 0) is 9.47 Å². The van der Waals surface area contributed by atoms with Gasteiger partial charge in [-0.3, -0.25) is 4.70 Å². The number of methoxy groups -OCH3 is 2. The van der Waals surface area contributed by atoms with E-state index in [1.165, 1.54) is 13.2 Å². The molecule has 2 aliphatic heterocycles. The zero-order chi connectivity index (χ0) is 35.9. The molecule has 12 nitrogen and oxygen atoms in total. The van der Waals surface area contributed by atoms with E-state index in [1.54, 1.807) is 29.0 Å². The molecule has 50 heavy (non-hydrogen) atoms. The van der Waals surface area contributed by atoms with Gasteiger partial charge in [-0.1, -0.05) is 22.4 Å². The van der Waals surface area contributed by atoms with Gasteiger partial charge in [-0.15, -0.1) is 0 Å². The van der Waals surface area contributed by atoms with Crippen molar-refractivity contribution in [3.63, 3.8) is 0 Å². The highest BCUT2D eigenvalue weighted by molar-refractivity contribution is 6.02. The molecular weight excluding hydrogens is 654 g/mol. The van der Waals surface area contributed by atoms with Gasteiger partial charge in [0.2, 0.25) is 5.58 Å². The van der Waals surface area contributed by atoms with Crippen LogP contribution >= 0.6 is 0 Å². The molecule has 0 aliphatic carbocycles. The van der Waals surface area contributed by atoms with Crippen molar-refractivity contribution in [1.29, 1.82) is 0 Å². The molecule has 1 aromatic heterocycles. The number of likely N-dealkylation sites (tertiary alicyclic amines) is 2. The zero-order valence-electron chi connectivity index (χ0n) is 30.2. The molecule has 0 atom stereocenters. The topological polar surface area (TPSA) is 136 Å². The first-order chi connectivity index (χ1) is 23.2. The number of carbonyl (C=O) groups excluding carboxylic acids is 2. The van der Waals surface area contributed by atoms with Crippen molar-refractivity contribution in [2.75, 3.05) is 40.4 Å². The molecule has 5 rings (SSSR count). The van der Waals surface area contributed by atoms with Crippen LogP contribution in [0.5, 0.6) is 11.5 Å². The van der Waals surface area contributed by atoms with E-state index in [-0.39, 0.29) is 47.2 Å². The third kappa shape index (κ3) is 9.97. The summed E-state index contributed by atoms with van der Waals surface area (Å²) < 4.78 is 41.0. The van der Waals surface area contributed by atoms with Gasteiger partial charge in [0, 0.05) is 50.4 Å². The molecule has 14 heteroatoms. The van der Waals surface area contributed by atoms with E-state index >= 15 is 0 Å². The fourth-order valence-corrected chi connectivity index (χ4v) is 5.96. The van der Waals surface area contributed by atoms with E-state index in [0.717, 1.165) is 23.9 Å². The summed E-state index contributed by atoms with van der Waals surface area (Å²) in [6, 6.07) is 10.5. The first-order valence-electron chi connectivity index (χ1n) is 16.6. The number of hydrogen-bond acceptors (Lipinski definition) is 10. The summed E-state index contributed by atoms with van der Waals surface area (Å²) in [7, 11) is 3.01. The molecule has 0 saturated carbocycles. The average Bonchev–Trinajstić information content (AvgIpc) is 3.49. The number of fused-ring (bicyclic) bond motifs is 1. The number of benzene rings is 2. The van der Waals surface area contributed by atoms with Gasteiger partial charge >= 0.3 is 12.2 Å². The number of ether oxygens (including phenoxy) is 4. The molecule has 2 aliphatic rings. The molecule has 3 heterocycles. The van der Waals surface area contributed by atoms with E-state index in [0.29, 0.717) is 50.4 Å². The standard InChI is InChI=1S/C18H25FN2O4.C18H24N2O4.FH.H2/c1-18(2,3)25-17(22)21-10-8-12(9-11-21)16(20-23)13-6-5-7-14(24-4)15(13)19;1-18(2,3)23-17(21)20-10-8-12(9-11-20)15-13-6-5-7-14(22-4)16(13)24-19-15;;/h5-7,12,23H,8-11H2,1-4H3;5-7,12H,8-11H2,1-4H3;2*1H/b20-16+;;;/i;;;1+2. The van der Waals surface area contributed by atoms with Crippen molar-refractivity contribution in [3.8, 4) is 11.5 Å². The average molecular weight is 709 g/mol. The summed E-state index contributed by atoms with van der Waals surface area (Å²) in [5.74, 6) is 0.372. The summed E-state index contributed by atoms with van der Waals surface area (Å²) in [4.78, 5) is 27.7. The van der Waals surface area contributed by atoms with Crippen molar-refractivity contribution >= 4 is 28.9 Å². The highest BCUT2D eigenvalue weighted by atomic mass is 19.1. The Labute approximate surface area is 293 Å². The van der Waals surface area contributed by atoms with Gasteiger partial charge in [0.15, 0.2) is 17.3 Å². The number of halogens is 2. The second-order valence-corrected chi connectivity index (χ2v) is 14.2. The fraction of sp³-hybridized carbons (Fsp3) is 0.556. The number of piperidine rings is 2. The molecule has 0 spiro atoms. The predicted octanol–water partition coefficient (Wildman–Crippen LogP) is 8.01. The normalized spacial score (nSPS) is 16.2. The zero-order valence-corrected chi connectivity index (χ0v) is 30.2. The molecule has 2 aromatic carbocycles.